The third-order valence-electron chi connectivity index (χ3n) is 5.35. The minimum absolute atomic E-state index is 0.00505. The van der Waals surface area contributed by atoms with Crippen LogP contribution in [0.2, 0.25) is 0 Å². The SMILES string of the molecule is COc1cccc(CCNC(=O)Cn2cc(S(=O)(=O)c3ccc(F)cc3)c3ccccc32)c1. The van der Waals surface area contributed by atoms with Gasteiger partial charge in [0.15, 0.2) is 0 Å². The summed E-state index contributed by atoms with van der Waals surface area (Å²) in [5.74, 6) is 0.0129. The van der Waals surface area contributed by atoms with Crippen molar-refractivity contribution in [2.75, 3.05) is 13.7 Å². The molecule has 170 valence electrons. The molecule has 0 aliphatic carbocycles. The predicted molar refractivity (Wildman–Crippen MR) is 123 cm³/mol. The van der Waals surface area contributed by atoms with Gasteiger partial charge in [0.25, 0.3) is 0 Å². The Hall–Kier alpha value is -3.65. The van der Waals surface area contributed by atoms with Gasteiger partial charge in [0.2, 0.25) is 15.7 Å². The fraction of sp³-hybridized carbons (Fsp3) is 0.160. The van der Waals surface area contributed by atoms with Gasteiger partial charge in [-0.05, 0) is 54.4 Å². The van der Waals surface area contributed by atoms with Crippen molar-refractivity contribution >= 4 is 26.6 Å². The average molecular weight is 467 g/mol. The Balaban J connectivity index is 1.52. The summed E-state index contributed by atoms with van der Waals surface area (Å²) in [6.45, 7) is 0.406. The number of carbonyl (C=O) groups is 1. The number of sulfone groups is 1. The lowest BCUT2D eigenvalue weighted by molar-refractivity contribution is -0.121. The summed E-state index contributed by atoms with van der Waals surface area (Å²) in [5, 5.41) is 3.38. The van der Waals surface area contributed by atoms with E-state index in [9.17, 15) is 17.6 Å². The molecule has 0 bridgehead atoms. The highest BCUT2D eigenvalue weighted by Gasteiger charge is 2.24. The number of nitrogens with one attached hydrogen (secondary N) is 1. The van der Waals surface area contributed by atoms with Crippen molar-refractivity contribution in [3.05, 3.63) is 90.4 Å². The Kier molecular flexibility index (Phi) is 6.46. The van der Waals surface area contributed by atoms with Crippen LogP contribution in [-0.4, -0.2) is 32.5 Å². The third kappa shape index (κ3) is 4.90. The number of aromatic nitrogens is 1. The quantitative estimate of drug-likeness (QED) is 0.399. The van der Waals surface area contributed by atoms with Crippen LogP contribution < -0.4 is 10.1 Å². The lowest BCUT2D eigenvalue weighted by atomic mass is 10.1. The molecule has 1 aromatic heterocycles. The lowest BCUT2D eigenvalue weighted by Crippen LogP contribution is -2.29. The summed E-state index contributed by atoms with van der Waals surface area (Å²) in [5.41, 5.74) is 1.66. The van der Waals surface area contributed by atoms with Gasteiger partial charge in [-0.15, -0.1) is 0 Å². The Morgan fingerprint density at radius 2 is 1.79 bits per heavy atom. The van der Waals surface area contributed by atoms with Gasteiger partial charge >= 0.3 is 0 Å². The van der Waals surface area contributed by atoms with Crippen molar-refractivity contribution in [3.63, 3.8) is 0 Å². The molecular formula is C25H23FN2O4S. The average Bonchev–Trinajstić information content (AvgIpc) is 3.19. The molecule has 0 saturated carbocycles. The molecule has 0 unspecified atom stereocenters. The van der Waals surface area contributed by atoms with E-state index >= 15 is 0 Å². The summed E-state index contributed by atoms with van der Waals surface area (Å²) < 4.78 is 46.5. The van der Waals surface area contributed by atoms with Crippen LogP contribution in [0.4, 0.5) is 4.39 Å². The number of hydrogen-bond donors (Lipinski definition) is 1. The standard InChI is InChI=1S/C25H23FN2O4S/c1-32-20-6-4-5-18(15-20)13-14-27-25(29)17-28-16-24(22-7-2-3-8-23(22)28)33(30,31)21-11-9-19(26)10-12-21/h2-12,15-16H,13-14,17H2,1H3,(H,27,29). The highest BCUT2D eigenvalue weighted by atomic mass is 32.2. The van der Waals surface area contributed by atoms with E-state index in [1.165, 1.54) is 18.3 Å². The van der Waals surface area contributed by atoms with Crippen LogP contribution in [0.1, 0.15) is 5.56 Å². The Morgan fingerprint density at radius 1 is 1.03 bits per heavy atom. The molecule has 1 heterocycles. The van der Waals surface area contributed by atoms with Gasteiger partial charge in [0.05, 0.1) is 16.9 Å². The van der Waals surface area contributed by atoms with Gasteiger partial charge in [0, 0.05) is 23.6 Å². The maximum Gasteiger partial charge on any atom is 0.239 e. The molecule has 33 heavy (non-hydrogen) atoms. The molecule has 0 radical (unpaired) electrons. The second kappa shape index (κ2) is 9.46. The van der Waals surface area contributed by atoms with Gasteiger partial charge in [-0.2, -0.15) is 0 Å². The van der Waals surface area contributed by atoms with Crippen LogP contribution in [0.15, 0.2) is 88.8 Å². The van der Waals surface area contributed by atoms with E-state index in [2.05, 4.69) is 5.32 Å². The minimum atomic E-state index is -3.89. The van der Waals surface area contributed by atoms with E-state index in [1.54, 1.807) is 35.9 Å². The number of fused-ring (bicyclic) bond motifs is 1. The first-order chi connectivity index (χ1) is 15.9. The highest BCUT2D eigenvalue weighted by molar-refractivity contribution is 7.91. The van der Waals surface area contributed by atoms with E-state index in [4.69, 9.17) is 4.74 Å². The lowest BCUT2D eigenvalue weighted by Gasteiger charge is -2.08. The molecule has 4 rings (SSSR count). The number of carbonyl (C=O) groups excluding carboxylic acids is 1. The second-order valence-electron chi connectivity index (χ2n) is 7.55. The first-order valence-corrected chi connectivity index (χ1v) is 11.8. The smallest absolute Gasteiger partial charge is 0.239 e. The monoisotopic (exact) mass is 466 g/mol. The van der Waals surface area contributed by atoms with Crippen LogP contribution in [0.3, 0.4) is 0 Å². The predicted octanol–water partition coefficient (Wildman–Crippen LogP) is 3.98. The van der Waals surface area contributed by atoms with E-state index in [-0.39, 0.29) is 22.2 Å². The van der Waals surface area contributed by atoms with Gasteiger partial charge < -0.3 is 14.6 Å². The number of para-hydroxylation sites is 1. The van der Waals surface area contributed by atoms with Crippen molar-refractivity contribution in [2.24, 2.45) is 0 Å². The van der Waals surface area contributed by atoms with Crippen molar-refractivity contribution in [1.82, 2.24) is 9.88 Å². The fourth-order valence-corrected chi connectivity index (χ4v) is 5.16. The van der Waals surface area contributed by atoms with Gasteiger partial charge in [-0.25, -0.2) is 12.8 Å². The summed E-state index contributed by atoms with van der Waals surface area (Å²) in [7, 11) is -2.28. The number of hydrogen-bond acceptors (Lipinski definition) is 4. The van der Waals surface area contributed by atoms with Crippen LogP contribution in [0.5, 0.6) is 5.75 Å². The van der Waals surface area contributed by atoms with Crippen LogP contribution in [0, 0.1) is 5.82 Å². The normalized spacial score (nSPS) is 11.5. The Labute approximate surface area is 191 Å². The van der Waals surface area contributed by atoms with Crippen LogP contribution in [-0.2, 0) is 27.6 Å². The summed E-state index contributed by atoms with van der Waals surface area (Å²) in [4.78, 5) is 12.7. The van der Waals surface area contributed by atoms with Crippen molar-refractivity contribution in [2.45, 2.75) is 22.8 Å². The molecule has 3 aromatic carbocycles. The number of nitrogens with zero attached hydrogens (tertiary/aromatic N) is 1. The number of methoxy groups -OCH3 is 1. The molecule has 1 N–H and O–H groups in total. The zero-order valence-corrected chi connectivity index (χ0v) is 18.8. The maximum absolute atomic E-state index is 13.3. The topological polar surface area (TPSA) is 77.4 Å². The van der Waals surface area contributed by atoms with Crippen molar-refractivity contribution < 1.29 is 22.3 Å². The largest absolute Gasteiger partial charge is 0.497 e. The fourth-order valence-electron chi connectivity index (χ4n) is 3.68. The van der Waals surface area contributed by atoms with E-state index in [0.29, 0.717) is 23.9 Å². The molecule has 4 aromatic rings. The van der Waals surface area contributed by atoms with Gasteiger partial charge in [-0.3, -0.25) is 4.79 Å². The maximum atomic E-state index is 13.3. The zero-order chi connectivity index (χ0) is 23.4. The molecule has 0 saturated heterocycles. The number of amides is 1. The molecule has 0 spiro atoms. The van der Waals surface area contributed by atoms with Gasteiger partial charge in [0.1, 0.15) is 18.1 Å². The molecule has 8 heteroatoms. The van der Waals surface area contributed by atoms with E-state index in [0.717, 1.165) is 23.4 Å². The number of ether oxygens (including phenoxy) is 1. The first-order valence-electron chi connectivity index (χ1n) is 10.4. The third-order valence-corrected chi connectivity index (χ3v) is 7.15. The molecule has 0 atom stereocenters. The van der Waals surface area contributed by atoms with Crippen LogP contribution in [0.25, 0.3) is 10.9 Å². The number of rotatable bonds is 8. The Bertz CT molecular complexity index is 1400. The van der Waals surface area contributed by atoms with E-state index in [1.807, 2.05) is 24.3 Å². The second-order valence-corrected chi connectivity index (χ2v) is 9.47. The molecule has 0 fully saturated rings. The summed E-state index contributed by atoms with van der Waals surface area (Å²) in [6, 6.07) is 19.3. The molecule has 6 nitrogen and oxygen atoms in total. The number of benzene rings is 3. The Morgan fingerprint density at radius 3 is 2.55 bits per heavy atom. The van der Waals surface area contributed by atoms with Crippen LogP contribution >= 0.6 is 0 Å². The molecule has 0 aliphatic rings. The molecule has 0 aliphatic heterocycles. The molecule has 1 amide bonds. The van der Waals surface area contributed by atoms with E-state index < -0.39 is 15.7 Å². The minimum Gasteiger partial charge on any atom is -0.497 e. The van der Waals surface area contributed by atoms with Gasteiger partial charge in [-0.1, -0.05) is 30.3 Å². The molecular weight excluding hydrogens is 443 g/mol. The summed E-state index contributed by atoms with van der Waals surface area (Å²) >= 11 is 0. The van der Waals surface area contributed by atoms with Crippen molar-refractivity contribution in [3.8, 4) is 5.75 Å². The number of halogens is 1. The summed E-state index contributed by atoms with van der Waals surface area (Å²) in [6.07, 6.45) is 2.10. The zero-order valence-electron chi connectivity index (χ0n) is 18.0. The highest BCUT2D eigenvalue weighted by Crippen LogP contribution is 2.30. The van der Waals surface area contributed by atoms with Crippen molar-refractivity contribution in [1.29, 1.82) is 0 Å². The first kappa shape index (κ1) is 22.5.